The number of nitrogens with zero attached hydrogens (tertiary/aromatic N) is 3. The summed E-state index contributed by atoms with van der Waals surface area (Å²) < 4.78 is 6.85. The lowest BCUT2D eigenvalue weighted by atomic mass is 10.2. The van der Waals surface area contributed by atoms with Crippen molar-refractivity contribution < 1.29 is 4.74 Å². The van der Waals surface area contributed by atoms with E-state index in [9.17, 15) is 0 Å². The van der Waals surface area contributed by atoms with Gasteiger partial charge in [0.1, 0.15) is 5.75 Å². The first-order valence-electron chi connectivity index (χ1n) is 8.56. The zero-order valence-electron chi connectivity index (χ0n) is 14.3. The molecule has 7 heteroatoms. The molecule has 1 aliphatic rings. The quantitative estimate of drug-likeness (QED) is 0.550. The second-order valence-electron chi connectivity index (χ2n) is 6.01. The first-order chi connectivity index (χ1) is 11.8. The van der Waals surface area contributed by atoms with Gasteiger partial charge in [-0.3, -0.25) is 4.90 Å². The fourth-order valence-electron chi connectivity index (χ4n) is 2.87. The lowest BCUT2D eigenvalue weighted by molar-refractivity contribution is 0.246. The van der Waals surface area contributed by atoms with Gasteiger partial charge in [-0.05, 0) is 50.1 Å². The number of anilines is 1. The van der Waals surface area contributed by atoms with Gasteiger partial charge in [0, 0.05) is 42.2 Å². The predicted octanol–water partition coefficient (Wildman–Crippen LogP) is 4.70. The van der Waals surface area contributed by atoms with E-state index in [1.54, 1.807) is 11.3 Å². The van der Waals surface area contributed by atoms with Crippen LogP contribution in [-0.2, 0) is 0 Å². The van der Waals surface area contributed by atoms with Gasteiger partial charge in [-0.1, -0.05) is 15.9 Å². The van der Waals surface area contributed by atoms with Crippen LogP contribution in [0.5, 0.6) is 5.75 Å². The molecule has 3 rings (SSSR count). The Balaban J connectivity index is 0.00000225. The van der Waals surface area contributed by atoms with E-state index in [0.29, 0.717) is 0 Å². The Bertz CT molecular complexity index is 589. The van der Waals surface area contributed by atoms with Gasteiger partial charge in [0.15, 0.2) is 5.13 Å². The van der Waals surface area contributed by atoms with Crippen LogP contribution in [0.2, 0.25) is 0 Å². The van der Waals surface area contributed by atoms with E-state index in [1.807, 2.05) is 30.5 Å². The molecule has 0 aliphatic carbocycles. The van der Waals surface area contributed by atoms with Gasteiger partial charge in [0.25, 0.3) is 0 Å². The summed E-state index contributed by atoms with van der Waals surface area (Å²) >= 11 is 5.17. The van der Waals surface area contributed by atoms with E-state index in [-0.39, 0.29) is 12.4 Å². The molecule has 0 unspecified atom stereocenters. The van der Waals surface area contributed by atoms with Gasteiger partial charge < -0.3 is 9.64 Å². The Labute approximate surface area is 168 Å². The number of thiazole rings is 1. The molecular weight excluding hydrogens is 422 g/mol. The molecule has 4 nitrogen and oxygen atoms in total. The normalized spacial score (nSPS) is 15.0. The Morgan fingerprint density at radius 2 is 1.80 bits per heavy atom. The fourth-order valence-corrected chi connectivity index (χ4v) is 3.83. The average molecular weight is 447 g/mol. The van der Waals surface area contributed by atoms with Gasteiger partial charge in [0.2, 0.25) is 0 Å². The topological polar surface area (TPSA) is 28.6 Å². The second kappa shape index (κ2) is 11.0. The molecule has 1 saturated heterocycles. The van der Waals surface area contributed by atoms with Crippen molar-refractivity contribution in [2.24, 2.45) is 0 Å². The molecule has 138 valence electrons. The van der Waals surface area contributed by atoms with Crippen molar-refractivity contribution >= 4 is 44.8 Å². The van der Waals surface area contributed by atoms with Crippen LogP contribution in [0.4, 0.5) is 5.13 Å². The monoisotopic (exact) mass is 445 g/mol. The summed E-state index contributed by atoms with van der Waals surface area (Å²) in [4.78, 5) is 9.37. The number of ether oxygens (including phenoxy) is 1. The number of benzene rings is 1. The third-order valence-electron chi connectivity index (χ3n) is 4.26. The summed E-state index contributed by atoms with van der Waals surface area (Å²) in [6.45, 7) is 6.49. The van der Waals surface area contributed by atoms with Gasteiger partial charge >= 0.3 is 0 Å². The number of halogens is 2. The third kappa shape index (κ3) is 6.77. The lowest BCUT2D eigenvalue weighted by Gasteiger charge is -2.34. The zero-order chi connectivity index (χ0) is 16.6. The third-order valence-corrected chi connectivity index (χ3v) is 5.62. The van der Waals surface area contributed by atoms with Gasteiger partial charge in [-0.2, -0.15) is 0 Å². The highest BCUT2D eigenvalue weighted by Gasteiger charge is 2.17. The van der Waals surface area contributed by atoms with Crippen molar-refractivity contribution in [2.75, 3.05) is 44.2 Å². The number of piperazine rings is 1. The number of hydrogen-bond donors (Lipinski definition) is 0. The lowest BCUT2D eigenvalue weighted by Crippen LogP contribution is -2.46. The molecule has 2 heterocycles. The maximum atomic E-state index is 5.76. The van der Waals surface area contributed by atoms with E-state index in [0.717, 1.165) is 49.4 Å². The van der Waals surface area contributed by atoms with E-state index < -0.39 is 0 Å². The number of unbranched alkanes of at least 4 members (excludes halogenated alkanes) is 2. The summed E-state index contributed by atoms with van der Waals surface area (Å²) in [6.07, 6.45) is 5.49. The molecule has 0 atom stereocenters. The van der Waals surface area contributed by atoms with E-state index in [1.165, 1.54) is 24.5 Å². The molecule has 0 N–H and O–H groups in total. The first-order valence-corrected chi connectivity index (χ1v) is 10.2. The SMILES string of the molecule is Brc1ccc(OCCCCCN2CCN(c3nccs3)CC2)cc1.Cl. The molecule has 0 amide bonds. The smallest absolute Gasteiger partial charge is 0.185 e. The Morgan fingerprint density at radius 3 is 2.48 bits per heavy atom. The predicted molar refractivity (Wildman–Crippen MR) is 112 cm³/mol. The van der Waals surface area contributed by atoms with Gasteiger partial charge in [-0.25, -0.2) is 4.98 Å². The summed E-state index contributed by atoms with van der Waals surface area (Å²) in [7, 11) is 0. The first kappa shape index (κ1) is 20.5. The standard InChI is InChI=1S/C18H24BrN3OS.ClH/c19-16-4-6-17(7-5-16)23-14-3-1-2-9-21-10-12-22(13-11-21)18-20-8-15-24-18;/h4-8,15H,1-3,9-14H2;1H. The Morgan fingerprint density at radius 1 is 1.04 bits per heavy atom. The molecule has 0 saturated carbocycles. The fraction of sp³-hybridized carbons (Fsp3) is 0.500. The van der Waals surface area contributed by atoms with Crippen molar-refractivity contribution in [2.45, 2.75) is 19.3 Å². The highest BCUT2D eigenvalue weighted by Crippen LogP contribution is 2.19. The highest BCUT2D eigenvalue weighted by atomic mass is 79.9. The minimum absolute atomic E-state index is 0. The molecule has 1 aromatic carbocycles. The van der Waals surface area contributed by atoms with Crippen molar-refractivity contribution in [3.05, 3.63) is 40.3 Å². The Hall–Kier alpha value is -0.820. The molecular formula is C18H25BrClN3OS. The molecule has 0 bridgehead atoms. The zero-order valence-corrected chi connectivity index (χ0v) is 17.5. The van der Waals surface area contributed by atoms with Crippen LogP contribution in [0.15, 0.2) is 40.3 Å². The van der Waals surface area contributed by atoms with Gasteiger partial charge in [-0.15, -0.1) is 23.7 Å². The summed E-state index contributed by atoms with van der Waals surface area (Å²) in [6, 6.07) is 8.04. The second-order valence-corrected chi connectivity index (χ2v) is 7.80. The van der Waals surface area contributed by atoms with Crippen LogP contribution in [0.1, 0.15) is 19.3 Å². The van der Waals surface area contributed by atoms with Gasteiger partial charge in [0.05, 0.1) is 6.61 Å². The average Bonchev–Trinajstić information content (AvgIpc) is 3.15. The summed E-state index contributed by atoms with van der Waals surface area (Å²) in [5, 5.41) is 3.22. The molecule has 2 aromatic rings. The molecule has 0 radical (unpaired) electrons. The largest absolute Gasteiger partial charge is 0.494 e. The molecule has 0 spiro atoms. The minimum atomic E-state index is 0. The van der Waals surface area contributed by atoms with E-state index in [2.05, 4.69) is 36.1 Å². The van der Waals surface area contributed by atoms with Crippen molar-refractivity contribution in [3.63, 3.8) is 0 Å². The van der Waals surface area contributed by atoms with Crippen LogP contribution in [0.3, 0.4) is 0 Å². The van der Waals surface area contributed by atoms with E-state index >= 15 is 0 Å². The summed E-state index contributed by atoms with van der Waals surface area (Å²) in [5.74, 6) is 0.955. The minimum Gasteiger partial charge on any atom is -0.494 e. The van der Waals surface area contributed by atoms with Crippen LogP contribution in [0.25, 0.3) is 0 Å². The molecule has 1 aromatic heterocycles. The van der Waals surface area contributed by atoms with Crippen molar-refractivity contribution in [3.8, 4) is 5.75 Å². The van der Waals surface area contributed by atoms with Crippen LogP contribution < -0.4 is 9.64 Å². The molecule has 1 aliphatic heterocycles. The number of rotatable bonds is 8. The van der Waals surface area contributed by atoms with Crippen LogP contribution in [0, 0.1) is 0 Å². The summed E-state index contributed by atoms with van der Waals surface area (Å²) in [5.41, 5.74) is 0. The Kier molecular flexibility index (Phi) is 9.03. The maximum Gasteiger partial charge on any atom is 0.185 e. The number of hydrogen-bond acceptors (Lipinski definition) is 5. The highest BCUT2D eigenvalue weighted by molar-refractivity contribution is 9.10. The van der Waals surface area contributed by atoms with Crippen LogP contribution >= 0.6 is 39.7 Å². The maximum absolute atomic E-state index is 5.76. The molecule has 1 fully saturated rings. The van der Waals surface area contributed by atoms with E-state index in [4.69, 9.17) is 4.74 Å². The van der Waals surface area contributed by atoms with Crippen LogP contribution in [-0.4, -0.2) is 49.2 Å². The van der Waals surface area contributed by atoms with Crippen molar-refractivity contribution in [1.82, 2.24) is 9.88 Å². The van der Waals surface area contributed by atoms with Crippen molar-refractivity contribution in [1.29, 1.82) is 0 Å². The number of aromatic nitrogens is 1. The molecule has 25 heavy (non-hydrogen) atoms.